The van der Waals surface area contributed by atoms with Crippen LogP contribution in [0.5, 0.6) is 0 Å². The molecule has 0 saturated carbocycles. The highest BCUT2D eigenvalue weighted by atomic mass is 35.5. The van der Waals surface area contributed by atoms with E-state index >= 15 is 0 Å². The Morgan fingerprint density at radius 2 is 2.41 bits per heavy atom. The molecular formula is C10H11ClN4OS. The number of aryl methyl sites for hydroxylation is 1. The molecule has 2 heterocycles. The SMILES string of the molecule is C=C(Cl)CSc1nnc(-c2ccoc2C)n1N. The van der Waals surface area contributed by atoms with Crippen molar-refractivity contribution in [3.63, 3.8) is 0 Å². The molecule has 0 saturated heterocycles. The smallest absolute Gasteiger partial charge is 0.210 e. The van der Waals surface area contributed by atoms with Crippen LogP contribution in [0.1, 0.15) is 5.76 Å². The van der Waals surface area contributed by atoms with Crippen LogP contribution in [0, 0.1) is 6.92 Å². The Morgan fingerprint density at radius 3 is 3.00 bits per heavy atom. The quantitative estimate of drug-likeness (QED) is 0.682. The number of halogens is 1. The molecule has 0 aliphatic carbocycles. The maximum Gasteiger partial charge on any atom is 0.210 e. The first kappa shape index (κ1) is 12.1. The summed E-state index contributed by atoms with van der Waals surface area (Å²) < 4.78 is 6.62. The summed E-state index contributed by atoms with van der Waals surface area (Å²) in [4.78, 5) is 0. The topological polar surface area (TPSA) is 69.9 Å². The molecule has 17 heavy (non-hydrogen) atoms. The molecule has 2 aromatic heterocycles. The molecule has 0 bridgehead atoms. The minimum absolute atomic E-state index is 0.541. The Hall–Kier alpha value is -1.40. The normalized spacial score (nSPS) is 10.7. The molecule has 2 N–H and O–H groups in total. The van der Waals surface area contributed by atoms with Crippen molar-refractivity contribution in [2.45, 2.75) is 12.1 Å². The van der Waals surface area contributed by atoms with Crippen molar-refractivity contribution in [1.82, 2.24) is 14.9 Å². The summed E-state index contributed by atoms with van der Waals surface area (Å²) in [7, 11) is 0. The van der Waals surface area contributed by atoms with E-state index in [2.05, 4.69) is 16.8 Å². The maximum atomic E-state index is 5.91. The third kappa shape index (κ3) is 2.48. The lowest BCUT2D eigenvalue weighted by molar-refractivity contribution is 0.535. The van der Waals surface area contributed by atoms with Crippen molar-refractivity contribution in [2.75, 3.05) is 11.6 Å². The average molecular weight is 271 g/mol. The summed E-state index contributed by atoms with van der Waals surface area (Å²) in [5.74, 6) is 7.77. The number of hydrogen-bond donors (Lipinski definition) is 1. The fraction of sp³-hybridized carbons (Fsp3) is 0.200. The summed E-state index contributed by atoms with van der Waals surface area (Å²) >= 11 is 7.06. The van der Waals surface area contributed by atoms with Crippen molar-refractivity contribution < 1.29 is 4.42 Å². The molecule has 0 fully saturated rings. The third-order valence-electron chi connectivity index (χ3n) is 2.12. The predicted octanol–water partition coefficient (Wildman–Crippen LogP) is 2.40. The van der Waals surface area contributed by atoms with Crippen LogP contribution in [0.4, 0.5) is 0 Å². The van der Waals surface area contributed by atoms with E-state index in [4.69, 9.17) is 21.9 Å². The minimum atomic E-state index is 0.541. The molecule has 0 aliphatic rings. The van der Waals surface area contributed by atoms with Gasteiger partial charge in [0.1, 0.15) is 5.76 Å². The fourth-order valence-corrected chi connectivity index (χ4v) is 2.09. The van der Waals surface area contributed by atoms with Gasteiger partial charge in [-0.1, -0.05) is 29.9 Å². The van der Waals surface area contributed by atoms with Crippen molar-refractivity contribution in [3.05, 3.63) is 29.7 Å². The van der Waals surface area contributed by atoms with Gasteiger partial charge >= 0.3 is 0 Å². The van der Waals surface area contributed by atoms with Gasteiger partial charge in [0.2, 0.25) is 5.16 Å². The number of nitrogens with zero attached hydrogens (tertiary/aromatic N) is 3. The highest BCUT2D eigenvalue weighted by Gasteiger charge is 2.15. The number of aromatic nitrogens is 3. The molecule has 2 aromatic rings. The van der Waals surface area contributed by atoms with Gasteiger partial charge in [0.05, 0.1) is 11.8 Å². The third-order valence-corrected chi connectivity index (χ3v) is 3.44. The summed E-state index contributed by atoms with van der Waals surface area (Å²) in [5, 5.41) is 9.15. The lowest BCUT2D eigenvalue weighted by Crippen LogP contribution is -2.11. The molecule has 0 unspecified atom stereocenters. The monoisotopic (exact) mass is 270 g/mol. The summed E-state index contributed by atoms with van der Waals surface area (Å²) in [6.07, 6.45) is 1.59. The van der Waals surface area contributed by atoms with Gasteiger partial charge < -0.3 is 10.3 Å². The van der Waals surface area contributed by atoms with Gasteiger partial charge in [-0.05, 0) is 13.0 Å². The molecule has 2 rings (SSSR count). The van der Waals surface area contributed by atoms with Crippen LogP contribution in [-0.4, -0.2) is 20.6 Å². The second kappa shape index (κ2) is 4.85. The van der Waals surface area contributed by atoms with E-state index in [0.717, 1.165) is 11.3 Å². The van der Waals surface area contributed by atoms with E-state index in [1.54, 1.807) is 12.3 Å². The molecule has 0 aliphatic heterocycles. The fourth-order valence-electron chi connectivity index (χ4n) is 1.32. The van der Waals surface area contributed by atoms with Crippen LogP contribution in [-0.2, 0) is 0 Å². The van der Waals surface area contributed by atoms with Crippen LogP contribution in [0.15, 0.2) is 33.5 Å². The lowest BCUT2D eigenvalue weighted by atomic mass is 10.2. The Morgan fingerprint density at radius 1 is 1.65 bits per heavy atom. The van der Waals surface area contributed by atoms with Crippen LogP contribution >= 0.6 is 23.4 Å². The number of rotatable bonds is 4. The van der Waals surface area contributed by atoms with E-state index in [1.165, 1.54) is 16.4 Å². The van der Waals surface area contributed by atoms with Crippen molar-refractivity contribution >= 4 is 23.4 Å². The average Bonchev–Trinajstić information content (AvgIpc) is 2.82. The van der Waals surface area contributed by atoms with Crippen molar-refractivity contribution in [3.8, 4) is 11.4 Å². The standard InChI is InChI=1S/C10H11ClN4OS/c1-6(11)5-17-10-14-13-9(15(10)12)8-3-4-16-7(8)2/h3-4H,1,5,12H2,2H3. The predicted molar refractivity (Wildman–Crippen MR) is 68.3 cm³/mol. The minimum Gasteiger partial charge on any atom is -0.469 e. The first-order valence-electron chi connectivity index (χ1n) is 4.80. The second-order valence-corrected chi connectivity index (χ2v) is 4.85. The number of furan rings is 1. The van der Waals surface area contributed by atoms with Gasteiger partial charge in [-0.2, -0.15) is 0 Å². The molecule has 0 atom stereocenters. The largest absolute Gasteiger partial charge is 0.469 e. The van der Waals surface area contributed by atoms with E-state index in [9.17, 15) is 0 Å². The second-order valence-electron chi connectivity index (χ2n) is 3.37. The van der Waals surface area contributed by atoms with E-state index < -0.39 is 0 Å². The number of nitrogens with two attached hydrogens (primary N) is 1. The highest BCUT2D eigenvalue weighted by molar-refractivity contribution is 7.99. The zero-order valence-electron chi connectivity index (χ0n) is 9.18. The van der Waals surface area contributed by atoms with Crippen LogP contribution < -0.4 is 5.84 Å². The van der Waals surface area contributed by atoms with Gasteiger partial charge in [0.25, 0.3) is 0 Å². The molecule has 0 radical (unpaired) electrons. The summed E-state index contributed by atoms with van der Waals surface area (Å²) in [6, 6.07) is 1.80. The lowest BCUT2D eigenvalue weighted by Gasteiger charge is -2.01. The zero-order chi connectivity index (χ0) is 12.4. The van der Waals surface area contributed by atoms with Gasteiger partial charge in [-0.3, -0.25) is 0 Å². The summed E-state index contributed by atoms with van der Waals surface area (Å²) in [6.45, 7) is 5.45. The van der Waals surface area contributed by atoms with Gasteiger partial charge in [0.15, 0.2) is 5.82 Å². The highest BCUT2D eigenvalue weighted by Crippen LogP contribution is 2.25. The van der Waals surface area contributed by atoms with Gasteiger partial charge in [-0.25, -0.2) is 4.68 Å². The molecular weight excluding hydrogens is 260 g/mol. The van der Waals surface area contributed by atoms with E-state index in [1.807, 2.05) is 6.92 Å². The van der Waals surface area contributed by atoms with E-state index in [0.29, 0.717) is 21.8 Å². The molecule has 5 nitrogen and oxygen atoms in total. The van der Waals surface area contributed by atoms with Crippen molar-refractivity contribution in [1.29, 1.82) is 0 Å². The van der Waals surface area contributed by atoms with E-state index in [-0.39, 0.29) is 0 Å². The molecule has 7 heteroatoms. The Labute approximate surface area is 108 Å². The number of hydrogen-bond acceptors (Lipinski definition) is 5. The Balaban J connectivity index is 2.27. The van der Waals surface area contributed by atoms with Crippen LogP contribution in [0.25, 0.3) is 11.4 Å². The number of nitrogen functional groups attached to an aromatic ring is 1. The Kier molecular flexibility index (Phi) is 3.44. The molecule has 0 spiro atoms. The van der Waals surface area contributed by atoms with Crippen LogP contribution in [0.2, 0.25) is 0 Å². The molecule has 90 valence electrons. The first-order valence-corrected chi connectivity index (χ1v) is 6.17. The Bertz CT molecular complexity index is 548. The van der Waals surface area contributed by atoms with Crippen molar-refractivity contribution in [2.24, 2.45) is 0 Å². The molecule has 0 amide bonds. The molecule has 0 aromatic carbocycles. The van der Waals surface area contributed by atoms with Crippen LogP contribution in [0.3, 0.4) is 0 Å². The number of thioether (sulfide) groups is 1. The van der Waals surface area contributed by atoms with Gasteiger partial charge in [0, 0.05) is 10.8 Å². The summed E-state index contributed by atoms with van der Waals surface area (Å²) in [5.41, 5.74) is 0.830. The zero-order valence-corrected chi connectivity index (χ0v) is 10.8. The maximum absolute atomic E-state index is 5.91. The van der Waals surface area contributed by atoms with Gasteiger partial charge in [-0.15, -0.1) is 10.2 Å². The first-order chi connectivity index (χ1) is 8.09.